The maximum Gasteiger partial charge on any atom is 0.253 e. The van der Waals surface area contributed by atoms with Crippen molar-refractivity contribution < 1.29 is 4.79 Å². The van der Waals surface area contributed by atoms with Gasteiger partial charge >= 0.3 is 0 Å². The highest BCUT2D eigenvalue weighted by molar-refractivity contribution is 6.31. The van der Waals surface area contributed by atoms with Crippen LogP contribution in [0, 0.1) is 6.92 Å². The molecule has 22 heavy (non-hydrogen) atoms. The fourth-order valence-corrected chi connectivity index (χ4v) is 2.75. The zero-order chi connectivity index (χ0) is 16.5. The van der Waals surface area contributed by atoms with Crippen LogP contribution in [-0.2, 0) is 0 Å². The van der Waals surface area contributed by atoms with Crippen molar-refractivity contribution in [2.75, 3.05) is 32.7 Å². The summed E-state index contributed by atoms with van der Waals surface area (Å²) in [5, 5.41) is 0.710. The molecule has 0 aliphatic carbocycles. The van der Waals surface area contributed by atoms with Gasteiger partial charge in [-0.3, -0.25) is 4.79 Å². The second-order valence-electron chi connectivity index (χ2n) is 5.40. The minimum Gasteiger partial charge on any atom is -0.338 e. The van der Waals surface area contributed by atoms with E-state index in [1.807, 2.05) is 44.7 Å². The molecule has 0 unspecified atom stereocenters. The van der Waals surface area contributed by atoms with Gasteiger partial charge < -0.3 is 9.80 Å². The summed E-state index contributed by atoms with van der Waals surface area (Å²) in [6.07, 6.45) is 2.58. The quantitative estimate of drug-likeness (QED) is 0.809. The third kappa shape index (κ3) is 5.29. The van der Waals surface area contributed by atoms with Crippen molar-refractivity contribution in [3.63, 3.8) is 0 Å². The van der Waals surface area contributed by atoms with Crippen molar-refractivity contribution >= 4 is 17.5 Å². The molecular formula is C18H29ClN2O. The summed E-state index contributed by atoms with van der Waals surface area (Å²) >= 11 is 6.01. The van der Waals surface area contributed by atoms with Gasteiger partial charge in [0.2, 0.25) is 0 Å². The second-order valence-corrected chi connectivity index (χ2v) is 5.80. The number of carbonyl (C=O) groups is 1. The molecule has 0 spiro atoms. The molecule has 2 rings (SSSR count). The lowest BCUT2D eigenvalue weighted by Gasteiger charge is -2.24. The minimum absolute atomic E-state index is 0.103. The fourth-order valence-electron chi connectivity index (χ4n) is 2.63. The molecule has 3 nitrogen and oxygen atoms in total. The third-order valence-electron chi connectivity index (χ3n) is 3.96. The predicted molar refractivity (Wildman–Crippen MR) is 94.8 cm³/mol. The van der Waals surface area contributed by atoms with E-state index in [2.05, 4.69) is 4.90 Å². The molecule has 1 aromatic rings. The number of hydrogen-bond donors (Lipinski definition) is 0. The van der Waals surface area contributed by atoms with Gasteiger partial charge in [0.25, 0.3) is 5.91 Å². The van der Waals surface area contributed by atoms with Crippen LogP contribution in [-0.4, -0.2) is 48.4 Å². The Balaban J connectivity index is 0.00000116. The van der Waals surface area contributed by atoms with Gasteiger partial charge in [0.05, 0.1) is 0 Å². The number of carbonyl (C=O) groups excluding carboxylic acids is 1. The number of likely N-dealkylation sites (tertiary alicyclic amines) is 1. The predicted octanol–water partition coefficient (Wildman–Crippen LogP) is 4.23. The van der Waals surface area contributed by atoms with Crippen molar-refractivity contribution in [1.82, 2.24) is 9.80 Å². The molecule has 1 fully saturated rings. The number of benzene rings is 1. The smallest absolute Gasteiger partial charge is 0.253 e. The molecular weight excluding hydrogens is 296 g/mol. The highest BCUT2D eigenvalue weighted by atomic mass is 35.5. The first-order valence-corrected chi connectivity index (χ1v) is 8.77. The highest BCUT2D eigenvalue weighted by Crippen LogP contribution is 2.17. The molecule has 0 atom stereocenters. The van der Waals surface area contributed by atoms with Crippen LogP contribution >= 0.6 is 11.6 Å². The molecule has 124 valence electrons. The van der Waals surface area contributed by atoms with Crippen molar-refractivity contribution in [1.29, 1.82) is 0 Å². The van der Waals surface area contributed by atoms with E-state index in [0.717, 1.165) is 30.8 Å². The Morgan fingerprint density at radius 3 is 2.45 bits per heavy atom. The summed E-state index contributed by atoms with van der Waals surface area (Å²) in [7, 11) is 0. The summed E-state index contributed by atoms with van der Waals surface area (Å²) < 4.78 is 0. The Hall–Kier alpha value is -1.06. The Morgan fingerprint density at radius 1 is 1.27 bits per heavy atom. The lowest BCUT2D eigenvalue weighted by Crippen LogP contribution is -2.37. The van der Waals surface area contributed by atoms with Crippen LogP contribution in [0.2, 0.25) is 5.02 Å². The van der Waals surface area contributed by atoms with Crippen LogP contribution in [0.25, 0.3) is 0 Å². The second kappa shape index (κ2) is 9.86. The maximum absolute atomic E-state index is 12.5. The largest absolute Gasteiger partial charge is 0.338 e. The number of hydrogen-bond acceptors (Lipinski definition) is 2. The number of likely N-dealkylation sites (N-methyl/N-ethyl adjacent to an activating group) is 1. The summed E-state index contributed by atoms with van der Waals surface area (Å²) in [6, 6.07) is 5.50. The van der Waals surface area contributed by atoms with E-state index in [1.54, 1.807) is 6.07 Å². The van der Waals surface area contributed by atoms with Crippen molar-refractivity contribution in [3.05, 3.63) is 34.3 Å². The molecule has 1 heterocycles. The van der Waals surface area contributed by atoms with Gasteiger partial charge in [0.15, 0.2) is 0 Å². The van der Waals surface area contributed by atoms with Crippen LogP contribution in [0.4, 0.5) is 0 Å². The zero-order valence-corrected chi connectivity index (χ0v) is 15.1. The molecule has 1 amide bonds. The van der Waals surface area contributed by atoms with Gasteiger partial charge in [-0.05, 0) is 63.5 Å². The zero-order valence-electron chi connectivity index (χ0n) is 14.4. The van der Waals surface area contributed by atoms with Gasteiger partial charge in [0, 0.05) is 30.2 Å². The number of halogens is 1. The molecule has 0 saturated carbocycles. The molecule has 1 aromatic carbocycles. The summed E-state index contributed by atoms with van der Waals surface area (Å²) in [5.41, 5.74) is 1.68. The highest BCUT2D eigenvalue weighted by Gasteiger charge is 2.17. The van der Waals surface area contributed by atoms with Crippen molar-refractivity contribution in [2.24, 2.45) is 0 Å². The third-order valence-corrected chi connectivity index (χ3v) is 4.38. The maximum atomic E-state index is 12.5. The van der Waals surface area contributed by atoms with Crippen LogP contribution in [0.3, 0.4) is 0 Å². The first-order valence-electron chi connectivity index (χ1n) is 8.39. The van der Waals surface area contributed by atoms with E-state index in [0.29, 0.717) is 5.02 Å². The average Bonchev–Trinajstić information content (AvgIpc) is 3.06. The van der Waals surface area contributed by atoms with E-state index in [4.69, 9.17) is 11.6 Å². The van der Waals surface area contributed by atoms with Crippen LogP contribution in [0.1, 0.15) is 49.5 Å². The van der Waals surface area contributed by atoms with E-state index in [-0.39, 0.29) is 5.91 Å². The molecule has 1 aliphatic heterocycles. The topological polar surface area (TPSA) is 23.6 Å². The number of aryl methyl sites for hydroxylation is 1. The Kier molecular flexibility index (Phi) is 8.51. The van der Waals surface area contributed by atoms with E-state index >= 15 is 0 Å². The lowest BCUT2D eigenvalue weighted by atomic mass is 10.1. The standard InChI is InChI=1S/C16H23ClN2O.C2H6/c1-3-19(11-10-18-8-4-5-9-18)16(20)14-6-7-15(17)13(2)12-14;1-2/h6-7,12H,3-5,8-11H2,1-2H3;1-2H3. The first kappa shape index (κ1) is 19.0. The SMILES string of the molecule is CC.CCN(CCN1CCCC1)C(=O)c1ccc(Cl)c(C)c1. The summed E-state index contributed by atoms with van der Waals surface area (Å²) in [4.78, 5) is 16.9. The number of amides is 1. The van der Waals surface area contributed by atoms with Crippen LogP contribution < -0.4 is 0 Å². The van der Waals surface area contributed by atoms with E-state index in [9.17, 15) is 4.79 Å². The van der Waals surface area contributed by atoms with Gasteiger partial charge in [-0.25, -0.2) is 0 Å². The molecule has 0 bridgehead atoms. The van der Waals surface area contributed by atoms with Gasteiger partial charge in [-0.2, -0.15) is 0 Å². The molecule has 4 heteroatoms. The van der Waals surface area contributed by atoms with E-state index in [1.165, 1.54) is 25.9 Å². The van der Waals surface area contributed by atoms with Gasteiger partial charge in [-0.15, -0.1) is 0 Å². The normalized spacial score (nSPS) is 14.4. The molecule has 1 aliphatic rings. The molecule has 0 radical (unpaired) electrons. The molecule has 0 N–H and O–H groups in total. The number of rotatable bonds is 5. The van der Waals surface area contributed by atoms with Crippen LogP contribution in [0.15, 0.2) is 18.2 Å². The molecule has 1 saturated heterocycles. The average molecular weight is 325 g/mol. The number of nitrogens with zero attached hydrogens (tertiary/aromatic N) is 2. The first-order chi connectivity index (χ1) is 10.6. The lowest BCUT2D eigenvalue weighted by molar-refractivity contribution is 0.0749. The Morgan fingerprint density at radius 2 is 1.91 bits per heavy atom. The Bertz CT molecular complexity index is 470. The Labute approximate surface area is 140 Å². The monoisotopic (exact) mass is 324 g/mol. The van der Waals surface area contributed by atoms with Crippen molar-refractivity contribution in [2.45, 2.75) is 40.5 Å². The van der Waals surface area contributed by atoms with Gasteiger partial charge in [-0.1, -0.05) is 25.4 Å². The fraction of sp³-hybridized carbons (Fsp3) is 0.611. The van der Waals surface area contributed by atoms with Gasteiger partial charge in [0.1, 0.15) is 0 Å². The van der Waals surface area contributed by atoms with Crippen molar-refractivity contribution in [3.8, 4) is 0 Å². The van der Waals surface area contributed by atoms with E-state index < -0.39 is 0 Å². The molecule has 0 aromatic heterocycles. The van der Waals surface area contributed by atoms with Crippen LogP contribution in [0.5, 0.6) is 0 Å². The summed E-state index contributed by atoms with van der Waals surface area (Å²) in [5.74, 6) is 0.103. The minimum atomic E-state index is 0.103. The summed E-state index contributed by atoms with van der Waals surface area (Å²) in [6.45, 7) is 12.8.